The molecule has 3 rings (SSSR count). The van der Waals surface area contributed by atoms with Crippen LogP contribution in [0.25, 0.3) is 21.3 Å². The number of amides is 1. The van der Waals surface area contributed by atoms with Crippen LogP contribution in [-0.4, -0.2) is 21.6 Å². The Balaban J connectivity index is 1.98. The van der Waals surface area contributed by atoms with Crippen LogP contribution in [0.3, 0.4) is 0 Å². The number of hydrogen-bond donors (Lipinski definition) is 1. The fourth-order valence-corrected chi connectivity index (χ4v) is 4.53. The van der Waals surface area contributed by atoms with E-state index in [0.717, 1.165) is 37.0 Å². The first kappa shape index (κ1) is 16.9. The average Bonchev–Trinajstić information content (AvgIpc) is 2.89. The van der Waals surface area contributed by atoms with E-state index < -0.39 is 0 Å². The van der Waals surface area contributed by atoms with Gasteiger partial charge < -0.3 is 5.73 Å². The third kappa shape index (κ3) is 3.57. The van der Waals surface area contributed by atoms with Crippen LogP contribution in [0.1, 0.15) is 17.7 Å². The molecule has 0 radical (unpaired) electrons. The first-order chi connectivity index (χ1) is 11.6. The minimum absolute atomic E-state index is 0.256. The van der Waals surface area contributed by atoms with Crippen molar-refractivity contribution in [2.24, 2.45) is 5.73 Å². The van der Waals surface area contributed by atoms with Gasteiger partial charge >= 0.3 is 0 Å². The van der Waals surface area contributed by atoms with Crippen LogP contribution < -0.4 is 5.73 Å². The normalized spacial score (nSPS) is 11.1. The fraction of sp³-hybridized carbons (Fsp3) is 0.235. The summed E-state index contributed by atoms with van der Waals surface area (Å²) in [5.74, 6) is 0.211. The lowest BCUT2D eigenvalue weighted by Crippen LogP contribution is -2.10. The Morgan fingerprint density at radius 1 is 1.29 bits per heavy atom. The van der Waals surface area contributed by atoms with Gasteiger partial charge in [-0.1, -0.05) is 12.1 Å². The molecule has 0 spiro atoms. The highest BCUT2D eigenvalue weighted by atomic mass is 32.2. The van der Waals surface area contributed by atoms with Crippen molar-refractivity contribution in [3.8, 4) is 11.1 Å². The number of fused-ring (bicyclic) bond motifs is 1. The van der Waals surface area contributed by atoms with Crippen LogP contribution >= 0.6 is 23.1 Å². The Bertz CT molecular complexity index is 877. The number of nitrogens with zero attached hydrogens (tertiary/aromatic N) is 2. The smallest absolute Gasteiger partial charge is 0.217 e. The third-order valence-corrected chi connectivity index (χ3v) is 5.66. The molecule has 0 bridgehead atoms. The maximum atomic E-state index is 13.2. The lowest BCUT2D eigenvalue weighted by Gasteiger charge is -2.06. The molecular formula is C17H16FN3OS2. The van der Waals surface area contributed by atoms with Gasteiger partial charge in [0, 0.05) is 22.6 Å². The van der Waals surface area contributed by atoms with E-state index in [-0.39, 0.29) is 11.7 Å². The zero-order valence-electron chi connectivity index (χ0n) is 13.1. The highest BCUT2D eigenvalue weighted by Crippen LogP contribution is 2.41. The number of carbonyl (C=O) groups excluding carboxylic acids is 1. The van der Waals surface area contributed by atoms with E-state index in [2.05, 4.69) is 9.97 Å². The molecule has 2 aromatic heterocycles. The Labute approximate surface area is 147 Å². The lowest BCUT2D eigenvalue weighted by atomic mass is 10.0. The van der Waals surface area contributed by atoms with E-state index >= 15 is 0 Å². The maximum absolute atomic E-state index is 13.2. The summed E-state index contributed by atoms with van der Waals surface area (Å²) in [5, 5.41) is 1.88. The summed E-state index contributed by atoms with van der Waals surface area (Å²) in [6, 6.07) is 6.47. The van der Waals surface area contributed by atoms with E-state index in [1.54, 1.807) is 41.6 Å². The zero-order valence-corrected chi connectivity index (χ0v) is 14.7. The molecule has 0 saturated carbocycles. The molecule has 0 saturated heterocycles. The quantitative estimate of drug-likeness (QED) is 0.406. The van der Waals surface area contributed by atoms with Crippen LogP contribution in [0.15, 0.2) is 35.6 Å². The Hall–Kier alpha value is -1.99. The molecule has 0 aliphatic carbocycles. The van der Waals surface area contributed by atoms with Gasteiger partial charge in [0.25, 0.3) is 0 Å². The summed E-state index contributed by atoms with van der Waals surface area (Å²) in [6.45, 7) is 2.03. The van der Waals surface area contributed by atoms with E-state index in [1.807, 2.05) is 6.92 Å². The molecule has 2 N–H and O–H groups in total. The zero-order chi connectivity index (χ0) is 17.1. The van der Waals surface area contributed by atoms with Crippen LogP contribution in [0.5, 0.6) is 0 Å². The molecule has 0 unspecified atom stereocenters. The number of benzene rings is 1. The van der Waals surface area contributed by atoms with Gasteiger partial charge in [0.2, 0.25) is 5.91 Å². The molecule has 1 amide bonds. The second-order valence-corrected chi connectivity index (χ2v) is 7.60. The van der Waals surface area contributed by atoms with Gasteiger partial charge in [-0.05, 0) is 31.0 Å². The molecular weight excluding hydrogens is 345 g/mol. The molecule has 4 nitrogen and oxygen atoms in total. The predicted octanol–water partition coefficient (Wildman–Crippen LogP) is 4.16. The lowest BCUT2D eigenvalue weighted by molar-refractivity contribution is -0.118. The van der Waals surface area contributed by atoms with Crippen LogP contribution in [-0.2, 0) is 4.79 Å². The number of aromatic nitrogens is 2. The van der Waals surface area contributed by atoms with Crippen molar-refractivity contribution in [2.45, 2.75) is 24.8 Å². The number of rotatable bonds is 6. The minimum Gasteiger partial charge on any atom is -0.370 e. The van der Waals surface area contributed by atoms with Crippen molar-refractivity contribution in [3.05, 3.63) is 41.3 Å². The van der Waals surface area contributed by atoms with E-state index in [9.17, 15) is 9.18 Å². The van der Waals surface area contributed by atoms with Gasteiger partial charge in [0.05, 0.1) is 5.39 Å². The highest BCUT2D eigenvalue weighted by molar-refractivity contribution is 7.99. The molecule has 0 fully saturated rings. The molecule has 0 aliphatic rings. The molecule has 24 heavy (non-hydrogen) atoms. The monoisotopic (exact) mass is 361 g/mol. The van der Waals surface area contributed by atoms with Crippen LogP contribution in [0, 0.1) is 12.7 Å². The Kier molecular flexibility index (Phi) is 5.11. The summed E-state index contributed by atoms with van der Waals surface area (Å²) in [7, 11) is 0. The number of nitrogens with two attached hydrogens (primary N) is 1. The van der Waals surface area contributed by atoms with E-state index in [0.29, 0.717) is 12.8 Å². The molecule has 2 heterocycles. The Morgan fingerprint density at radius 2 is 2.04 bits per heavy atom. The topological polar surface area (TPSA) is 68.9 Å². The van der Waals surface area contributed by atoms with E-state index in [1.165, 1.54) is 12.1 Å². The minimum atomic E-state index is -0.290. The number of halogens is 1. The van der Waals surface area contributed by atoms with Gasteiger partial charge in [-0.15, -0.1) is 23.1 Å². The van der Waals surface area contributed by atoms with Gasteiger partial charge in [0.1, 0.15) is 22.0 Å². The van der Waals surface area contributed by atoms with Gasteiger partial charge in [0.15, 0.2) is 0 Å². The predicted molar refractivity (Wildman–Crippen MR) is 96.7 cm³/mol. The molecule has 124 valence electrons. The summed E-state index contributed by atoms with van der Waals surface area (Å²) < 4.78 is 13.2. The SMILES string of the molecule is Cc1sc2ncnc(SCCCC(N)=O)c2c1-c1ccc(F)cc1. The standard InChI is InChI=1S/C17H16FN3OS2/c1-10-14(11-4-6-12(18)7-5-11)15-16(20-9-21-17(15)24-10)23-8-2-3-13(19)22/h4-7,9H,2-3,8H2,1H3,(H2,19,22). The van der Waals surface area contributed by atoms with Gasteiger partial charge in [-0.2, -0.15) is 0 Å². The number of aryl methyl sites for hydroxylation is 1. The molecule has 0 aliphatic heterocycles. The number of primary amides is 1. The van der Waals surface area contributed by atoms with Crippen molar-refractivity contribution < 1.29 is 9.18 Å². The molecule has 3 aromatic rings. The van der Waals surface area contributed by atoms with Crippen LogP contribution in [0.2, 0.25) is 0 Å². The highest BCUT2D eigenvalue weighted by Gasteiger charge is 2.17. The van der Waals surface area contributed by atoms with Crippen molar-refractivity contribution in [3.63, 3.8) is 0 Å². The second-order valence-electron chi connectivity index (χ2n) is 5.32. The summed E-state index contributed by atoms with van der Waals surface area (Å²) in [4.78, 5) is 21.7. The largest absolute Gasteiger partial charge is 0.370 e. The summed E-state index contributed by atoms with van der Waals surface area (Å²) >= 11 is 3.19. The summed E-state index contributed by atoms with van der Waals surface area (Å²) in [5.41, 5.74) is 7.18. The van der Waals surface area contributed by atoms with Gasteiger partial charge in [-0.25, -0.2) is 14.4 Å². The van der Waals surface area contributed by atoms with Crippen LogP contribution in [0.4, 0.5) is 4.39 Å². The molecule has 1 aromatic carbocycles. The number of thioether (sulfide) groups is 1. The van der Waals surface area contributed by atoms with Crippen molar-refractivity contribution in [1.29, 1.82) is 0 Å². The number of hydrogen-bond acceptors (Lipinski definition) is 5. The van der Waals surface area contributed by atoms with Crippen molar-refractivity contribution >= 4 is 39.2 Å². The molecule has 0 atom stereocenters. The first-order valence-corrected chi connectivity index (χ1v) is 9.27. The molecule has 7 heteroatoms. The second kappa shape index (κ2) is 7.27. The Morgan fingerprint density at radius 3 is 2.75 bits per heavy atom. The number of carbonyl (C=O) groups is 1. The van der Waals surface area contributed by atoms with Crippen molar-refractivity contribution in [2.75, 3.05) is 5.75 Å². The summed E-state index contributed by atoms with van der Waals surface area (Å²) in [6.07, 6.45) is 2.64. The third-order valence-electron chi connectivity index (χ3n) is 3.57. The van der Waals surface area contributed by atoms with E-state index in [4.69, 9.17) is 5.73 Å². The number of thiophene rings is 1. The average molecular weight is 361 g/mol. The van der Waals surface area contributed by atoms with Gasteiger partial charge in [-0.3, -0.25) is 4.79 Å². The maximum Gasteiger partial charge on any atom is 0.217 e. The fourth-order valence-electron chi connectivity index (χ4n) is 2.51. The van der Waals surface area contributed by atoms with Crippen molar-refractivity contribution in [1.82, 2.24) is 9.97 Å². The first-order valence-electron chi connectivity index (χ1n) is 7.47.